The Morgan fingerprint density at radius 2 is 1.83 bits per heavy atom. The highest BCUT2D eigenvalue weighted by Gasteiger charge is 2.51. The van der Waals surface area contributed by atoms with Crippen molar-refractivity contribution < 1.29 is 14.3 Å². The summed E-state index contributed by atoms with van der Waals surface area (Å²) in [5.41, 5.74) is 7.57. The first-order chi connectivity index (χ1) is 23.4. The minimum Gasteiger partial charge on any atom is -0.481 e. The van der Waals surface area contributed by atoms with Crippen molar-refractivity contribution in [1.29, 1.82) is 0 Å². The third-order valence-corrected chi connectivity index (χ3v) is 10.2. The summed E-state index contributed by atoms with van der Waals surface area (Å²) < 4.78 is 7.02. The van der Waals surface area contributed by atoms with Crippen molar-refractivity contribution in [3.63, 3.8) is 0 Å². The van der Waals surface area contributed by atoms with Crippen LogP contribution in [0.25, 0.3) is 17.0 Å². The van der Waals surface area contributed by atoms with Crippen LogP contribution in [0.3, 0.4) is 0 Å². The molecule has 0 unspecified atom stereocenters. The molecule has 1 atom stereocenters. The van der Waals surface area contributed by atoms with Gasteiger partial charge < -0.3 is 14.5 Å². The van der Waals surface area contributed by atoms with E-state index < -0.39 is 5.41 Å². The van der Waals surface area contributed by atoms with Crippen LogP contribution in [0.4, 0.5) is 5.69 Å². The summed E-state index contributed by atoms with van der Waals surface area (Å²) in [5, 5.41) is 4.38. The van der Waals surface area contributed by atoms with Crippen molar-refractivity contribution in [2.75, 3.05) is 51.3 Å². The van der Waals surface area contributed by atoms with E-state index in [4.69, 9.17) is 9.73 Å². The van der Waals surface area contributed by atoms with Crippen LogP contribution in [0.15, 0.2) is 78.1 Å². The first kappa shape index (κ1) is 30.2. The smallest absolute Gasteiger partial charge is 0.237 e. The maximum absolute atomic E-state index is 14.0. The molecule has 244 valence electrons. The van der Waals surface area contributed by atoms with Crippen LogP contribution in [0.1, 0.15) is 41.6 Å². The van der Waals surface area contributed by atoms with Gasteiger partial charge in [-0.25, -0.2) is 9.97 Å². The molecule has 6 heterocycles. The van der Waals surface area contributed by atoms with E-state index in [1.54, 1.807) is 18.1 Å². The van der Waals surface area contributed by atoms with E-state index in [0.29, 0.717) is 51.0 Å². The molecular weight excluding hydrogens is 604 g/mol. The molecule has 2 saturated heterocycles. The molecule has 11 nitrogen and oxygen atoms in total. The van der Waals surface area contributed by atoms with Crippen LogP contribution in [0.2, 0.25) is 0 Å². The standard InChI is InChI=1S/C37H38N8O3/c1-42-24-39-35(41-42)27-8-6-25(7-9-27)26-12-16-44(17-13-26)33(46)22-43-18-14-37(23-43)15-19-45(36(37)47)29-11-10-28-21-38-34(30(28)20-29)31-4-3-5-32(40-31)48-2/h3-12,20,24H,13-19,21-23H2,1-2H3/t37-/m0/s1. The van der Waals surface area contributed by atoms with E-state index in [0.717, 1.165) is 65.2 Å². The second kappa shape index (κ2) is 12.1. The van der Waals surface area contributed by atoms with E-state index in [-0.39, 0.29) is 11.8 Å². The van der Waals surface area contributed by atoms with E-state index in [9.17, 15) is 9.59 Å². The molecule has 2 amide bonds. The number of ether oxygens (including phenoxy) is 1. The van der Waals surface area contributed by atoms with Crippen LogP contribution >= 0.6 is 0 Å². The lowest BCUT2D eigenvalue weighted by Crippen LogP contribution is -2.43. The molecule has 0 bridgehead atoms. The number of rotatable bonds is 7. The minimum absolute atomic E-state index is 0.123. The lowest BCUT2D eigenvalue weighted by atomic mass is 9.85. The van der Waals surface area contributed by atoms with Gasteiger partial charge in [-0.1, -0.05) is 42.5 Å². The van der Waals surface area contributed by atoms with Crippen molar-refractivity contribution in [2.24, 2.45) is 17.5 Å². The topological polar surface area (TPSA) is 109 Å². The number of benzene rings is 2. The molecule has 4 aromatic rings. The molecule has 2 fully saturated rings. The number of aryl methyl sites for hydroxylation is 1. The highest BCUT2D eigenvalue weighted by atomic mass is 16.5. The summed E-state index contributed by atoms with van der Waals surface area (Å²) in [6, 6.07) is 20.2. The molecular formula is C37H38N8O3. The molecule has 4 aliphatic rings. The van der Waals surface area contributed by atoms with Crippen molar-refractivity contribution >= 4 is 28.8 Å². The first-order valence-corrected chi connectivity index (χ1v) is 16.6. The number of likely N-dealkylation sites (tertiary alicyclic amines) is 1. The average molecular weight is 643 g/mol. The predicted molar refractivity (Wildman–Crippen MR) is 183 cm³/mol. The summed E-state index contributed by atoms with van der Waals surface area (Å²) in [6.45, 7) is 4.26. The Hall–Kier alpha value is -5.16. The van der Waals surface area contributed by atoms with Crippen molar-refractivity contribution in [3.8, 4) is 17.3 Å². The summed E-state index contributed by atoms with van der Waals surface area (Å²) in [7, 11) is 3.47. The molecule has 2 aromatic carbocycles. The van der Waals surface area contributed by atoms with Crippen LogP contribution < -0.4 is 9.64 Å². The number of carbonyl (C=O) groups excluding carboxylic acids is 2. The molecule has 8 rings (SSSR count). The number of nitrogens with zero attached hydrogens (tertiary/aromatic N) is 8. The van der Waals surface area contributed by atoms with Gasteiger partial charge >= 0.3 is 0 Å². The fourth-order valence-electron chi connectivity index (χ4n) is 7.51. The van der Waals surface area contributed by atoms with Gasteiger partial charge in [-0.3, -0.25) is 24.2 Å². The van der Waals surface area contributed by atoms with E-state index in [2.05, 4.69) is 50.3 Å². The minimum atomic E-state index is -0.448. The summed E-state index contributed by atoms with van der Waals surface area (Å²) >= 11 is 0. The fourth-order valence-corrected chi connectivity index (χ4v) is 7.51. The molecule has 1 spiro atoms. The van der Waals surface area contributed by atoms with Crippen LogP contribution in [0, 0.1) is 5.41 Å². The van der Waals surface area contributed by atoms with Gasteiger partial charge in [0, 0.05) is 56.1 Å². The third-order valence-electron chi connectivity index (χ3n) is 10.2. The second-order valence-corrected chi connectivity index (χ2v) is 13.2. The largest absolute Gasteiger partial charge is 0.481 e. The molecule has 0 aliphatic carbocycles. The third kappa shape index (κ3) is 5.47. The zero-order valence-corrected chi connectivity index (χ0v) is 27.3. The number of methoxy groups -OCH3 is 1. The van der Waals surface area contributed by atoms with Crippen LogP contribution in [-0.2, 0) is 23.2 Å². The fraction of sp³-hybridized carbons (Fsp3) is 0.351. The molecule has 48 heavy (non-hydrogen) atoms. The van der Waals surface area contributed by atoms with Crippen LogP contribution in [0.5, 0.6) is 5.88 Å². The number of carbonyl (C=O) groups is 2. The predicted octanol–water partition coefficient (Wildman–Crippen LogP) is 3.98. The Morgan fingerprint density at radius 1 is 1.00 bits per heavy atom. The summed E-state index contributed by atoms with van der Waals surface area (Å²) in [4.78, 5) is 47.1. The van der Waals surface area contributed by atoms with Gasteiger partial charge in [0.15, 0.2) is 5.82 Å². The van der Waals surface area contributed by atoms with Crippen LogP contribution in [-0.4, -0.2) is 93.5 Å². The summed E-state index contributed by atoms with van der Waals surface area (Å²) in [6.07, 6.45) is 6.23. The highest BCUT2D eigenvalue weighted by molar-refractivity contribution is 6.15. The lowest BCUT2D eigenvalue weighted by molar-refractivity contribution is -0.132. The first-order valence-electron chi connectivity index (χ1n) is 16.6. The number of amides is 2. The quantitative estimate of drug-likeness (QED) is 0.300. The molecule has 11 heteroatoms. The highest BCUT2D eigenvalue weighted by Crippen LogP contribution is 2.43. The Bertz CT molecular complexity index is 1960. The molecule has 4 aliphatic heterocycles. The second-order valence-electron chi connectivity index (χ2n) is 13.2. The molecule has 0 N–H and O–H groups in total. The van der Waals surface area contributed by atoms with Crippen molar-refractivity contribution in [1.82, 2.24) is 29.5 Å². The summed E-state index contributed by atoms with van der Waals surface area (Å²) in [5.74, 6) is 1.54. The normalized spacial score (nSPS) is 20.8. The van der Waals surface area contributed by atoms with Gasteiger partial charge in [0.2, 0.25) is 17.7 Å². The number of hydrogen-bond donors (Lipinski definition) is 0. The van der Waals surface area contributed by atoms with Gasteiger partial charge in [0.1, 0.15) is 6.33 Å². The average Bonchev–Trinajstić information content (AvgIpc) is 3.92. The van der Waals surface area contributed by atoms with Gasteiger partial charge in [0.05, 0.1) is 37.0 Å². The maximum Gasteiger partial charge on any atom is 0.237 e. The Morgan fingerprint density at radius 3 is 2.60 bits per heavy atom. The Kier molecular flexibility index (Phi) is 7.63. The van der Waals surface area contributed by atoms with E-state index in [1.807, 2.05) is 53.2 Å². The van der Waals surface area contributed by atoms with E-state index in [1.165, 1.54) is 5.57 Å². The zero-order valence-electron chi connectivity index (χ0n) is 27.3. The lowest BCUT2D eigenvalue weighted by Gasteiger charge is -2.29. The SMILES string of the molecule is COc1cccc(C2=NCc3ccc(N4CC[C@]5(CCN(CC(=O)N6CC=C(c7ccc(-c8ncn(C)n8)cc7)CC6)C5)C4=O)cc32)n1. The molecule has 0 saturated carbocycles. The zero-order chi connectivity index (χ0) is 32.8. The van der Waals surface area contributed by atoms with Gasteiger partial charge in [-0.2, -0.15) is 5.10 Å². The van der Waals surface area contributed by atoms with Crippen molar-refractivity contribution in [2.45, 2.75) is 25.8 Å². The maximum atomic E-state index is 14.0. The van der Waals surface area contributed by atoms with E-state index >= 15 is 0 Å². The molecule has 0 radical (unpaired) electrons. The number of aromatic nitrogens is 4. The number of hydrogen-bond acceptors (Lipinski definition) is 8. The van der Waals surface area contributed by atoms with Crippen molar-refractivity contribution in [3.05, 3.63) is 95.5 Å². The van der Waals surface area contributed by atoms with Gasteiger partial charge in [-0.15, -0.1) is 0 Å². The Balaban J connectivity index is 0.885. The Labute approximate surface area is 279 Å². The monoisotopic (exact) mass is 642 g/mol. The van der Waals surface area contributed by atoms with Gasteiger partial charge in [0.25, 0.3) is 0 Å². The number of pyridine rings is 1. The molecule has 2 aromatic heterocycles. The number of anilines is 1. The number of fused-ring (bicyclic) bond motifs is 1. The number of aliphatic imine (C=N–C) groups is 1. The van der Waals surface area contributed by atoms with Gasteiger partial charge in [-0.05, 0) is 60.7 Å².